The first kappa shape index (κ1) is 17.6. The summed E-state index contributed by atoms with van der Waals surface area (Å²) in [5.74, 6) is -0.823. The Bertz CT molecular complexity index is 1020. The molecule has 3 aromatic rings. The number of benzene rings is 2. The van der Waals surface area contributed by atoms with Gasteiger partial charge in [0.15, 0.2) is 0 Å². The van der Waals surface area contributed by atoms with Crippen molar-refractivity contribution in [3.05, 3.63) is 99.2 Å². The van der Waals surface area contributed by atoms with Crippen LogP contribution < -0.4 is 10.9 Å². The first-order chi connectivity index (χ1) is 12.5. The molecule has 0 saturated carbocycles. The Hall–Kier alpha value is -3.21. The van der Waals surface area contributed by atoms with Gasteiger partial charge < -0.3 is 9.88 Å². The number of carbonyl (C=O) groups is 1. The molecule has 1 N–H and O–H groups in total. The fourth-order valence-corrected chi connectivity index (χ4v) is 2.74. The van der Waals surface area contributed by atoms with Gasteiger partial charge in [-0.05, 0) is 60.9 Å². The van der Waals surface area contributed by atoms with Gasteiger partial charge in [-0.1, -0.05) is 24.3 Å². The highest BCUT2D eigenvalue weighted by atomic mass is 19.1. The van der Waals surface area contributed by atoms with Crippen molar-refractivity contribution in [3.8, 4) is 0 Å². The van der Waals surface area contributed by atoms with Crippen molar-refractivity contribution < 1.29 is 9.18 Å². The lowest BCUT2D eigenvalue weighted by atomic mass is 10.1. The quantitative estimate of drug-likeness (QED) is 0.776. The molecule has 0 spiro atoms. The van der Waals surface area contributed by atoms with Crippen LogP contribution in [0.15, 0.2) is 65.6 Å². The van der Waals surface area contributed by atoms with Gasteiger partial charge in [0, 0.05) is 11.9 Å². The summed E-state index contributed by atoms with van der Waals surface area (Å²) in [6, 6.07) is 14.8. The normalized spacial score (nSPS) is 10.6. The zero-order chi connectivity index (χ0) is 18.7. The molecule has 1 aromatic heterocycles. The first-order valence-corrected chi connectivity index (χ1v) is 8.27. The Labute approximate surface area is 150 Å². The van der Waals surface area contributed by atoms with Crippen LogP contribution in [0.3, 0.4) is 0 Å². The van der Waals surface area contributed by atoms with Crippen molar-refractivity contribution >= 4 is 11.6 Å². The van der Waals surface area contributed by atoms with E-state index in [4.69, 9.17) is 0 Å². The lowest BCUT2D eigenvalue weighted by Crippen LogP contribution is -2.29. The molecule has 1 amide bonds. The van der Waals surface area contributed by atoms with Crippen molar-refractivity contribution in [2.45, 2.75) is 20.4 Å². The van der Waals surface area contributed by atoms with Gasteiger partial charge in [-0.25, -0.2) is 4.39 Å². The molecule has 132 valence electrons. The topological polar surface area (TPSA) is 51.1 Å². The van der Waals surface area contributed by atoms with Gasteiger partial charge in [0.2, 0.25) is 0 Å². The minimum absolute atomic E-state index is 0.0461. The van der Waals surface area contributed by atoms with Crippen LogP contribution >= 0.6 is 0 Å². The Morgan fingerprint density at radius 2 is 1.85 bits per heavy atom. The number of nitrogens with zero attached hydrogens (tertiary/aromatic N) is 1. The molecule has 0 aliphatic carbocycles. The summed E-state index contributed by atoms with van der Waals surface area (Å²) in [5.41, 5.74) is 2.97. The summed E-state index contributed by atoms with van der Waals surface area (Å²) in [6.07, 6.45) is 1.59. The second-order valence-corrected chi connectivity index (χ2v) is 6.19. The number of rotatable bonds is 4. The van der Waals surface area contributed by atoms with E-state index in [-0.39, 0.29) is 17.9 Å². The maximum absolute atomic E-state index is 13.3. The zero-order valence-corrected chi connectivity index (χ0v) is 14.6. The summed E-state index contributed by atoms with van der Waals surface area (Å²) in [4.78, 5) is 25.2. The van der Waals surface area contributed by atoms with Crippen LogP contribution in [0.5, 0.6) is 0 Å². The molecule has 1 heterocycles. The van der Waals surface area contributed by atoms with E-state index in [1.165, 1.54) is 22.8 Å². The number of nitrogens with one attached hydrogen (secondary N) is 1. The van der Waals surface area contributed by atoms with Crippen molar-refractivity contribution in [2.75, 3.05) is 5.32 Å². The van der Waals surface area contributed by atoms with Crippen molar-refractivity contribution in [3.63, 3.8) is 0 Å². The van der Waals surface area contributed by atoms with E-state index in [0.29, 0.717) is 11.3 Å². The second-order valence-electron chi connectivity index (χ2n) is 6.19. The van der Waals surface area contributed by atoms with E-state index < -0.39 is 11.5 Å². The van der Waals surface area contributed by atoms with Gasteiger partial charge in [-0.2, -0.15) is 0 Å². The van der Waals surface area contributed by atoms with Gasteiger partial charge in [0.1, 0.15) is 11.4 Å². The smallest absolute Gasteiger partial charge is 0.263 e. The number of aromatic nitrogens is 1. The number of halogens is 1. The highest BCUT2D eigenvalue weighted by Gasteiger charge is 2.14. The number of anilines is 1. The zero-order valence-electron chi connectivity index (χ0n) is 14.6. The first-order valence-electron chi connectivity index (χ1n) is 8.27. The number of pyridine rings is 1. The van der Waals surface area contributed by atoms with Crippen LogP contribution in [-0.4, -0.2) is 10.5 Å². The summed E-state index contributed by atoms with van der Waals surface area (Å²) < 4.78 is 14.7. The van der Waals surface area contributed by atoms with Crippen LogP contribution in [0.4, 0.5) is 10.1 Å². The van der Waals surface area contributed by atoms with E-state index in [0.717, 1.165) is 11.1 Å². The van der Waals surface area contributed by atoms with E-state index >= 15 is 0 Å². The van der Waals surface area contributed by atoms with Crippen LogP contribution in [-0.2, 0) is 6.54 Å². The van der Waals surface area contributed by atoms with Crippen molar-refractivity contribution in [2.24, 2.45) is 0 Å². The maximum Gasteiger partial charge on any atom is 0.263 e. The van der Waals surface area contributed by atoms with Crippen molar-refractivity contribution in [1.82, 2.24) is 4.57 Å². The lowest BCUT2D eigenvalue weighted by molar-refractivity contribution is 0.102. The van der Waals surface area contributed by atoms with E-state index in [2.05, 4.69) is 5.32 Å². The Morgan fingerprint density at radius 1 is 1.08 bits per heavy atom. The molecule has 0 saturated heterocycles. The van der Waals surface area contributed by atoms with E-state index in [1.807, 2.05) is 26.0 Å². The number of amides is 1. The summed E-state index contributed by atoms with van der Waals surface area (Å²) >= 11 is 0. The maximum atomic E-state index is 13.3. The highest BCUT2D eigenvalue weighted by Crippen LogP contribution is 2.18. The second kappa shape index (κ2) is 7.35. The fourth-order valence-electron chi connectivity index (χ4n) is 2.74. The van der Waals surface area contributed by atoms with E-state index in [1.54, 1.807) is 30.5 Å². The largest absolute Gasteiger partial charge is 0.322 e. The molecule has 26 heavy (non-hydrogen) atoms. The minimum Gasteiger partial charge on any atom is -0.322 e. The van der Waals surface area contributed by atoms with Crippen LogP contribution in [0, 0.1) is 19.7 Å². The van der Waals surface area contributed by atoms with Gasteiger partial charge in [-0.3, -0.25) is 9.59 Å². The average Bonchev–Trinajstić information content (AvgIpc) is 2.61. The molecule has 5 heteroatoms. The molecule has 0 aliphatic heterocycles. The fraction of sp³-hybridized carbons (Fsp3) is 0.143. The molecule has 4 nitrogen and oxygen atoms in total. The van der Waals surface area contributed by atoms with Gasteiger partial charge in [-0.15, -0.1) is 0 Å². The number of aryl methyl sites for hydroxylation is 1. The molecular formula is C21H19FN2O2. The number of hydrogen-bond acceptors (Lipinski definition) is 2. The Kier molecular flexibility index (Phi) is 4.98. The summed E-state index contributed by atoms with van der Waals surface area (Å²) in [7, 11) is 0. The standard InChI is InChI=1S/C21H19FN2O2/c1-14-6-3-10-19(15(14)2)23-20(25)18-9-5-11-24(21(18)26)13-16-7-4-8-17(22)12-16/h3-12H,13H2,1-2H3,(H,23,25). The SMILES string of the molecule is Cc1cccc(NC(=O)c2cccn(Cc3cccc(F)c3)c2=O)c1C. The Morgan fingerprint density at radius 3 is 2.62 bits per heavy atom. The van der Waals surface area contributed by atoms with Crippen LogP contribution in [0.1, 0.15) is 27.0 Å². The predicted octanol–water partition coefficient (Wildman–Crippen LogP) is 3.90. The Balaban J connectivity index is 1.88. The molecule has 0 bridgehead atoms. The molecule has 0 fully saturated rings. The predicted molar refractivity (Wildman–Crippen MR) is 100 cm³/mol. The third-order valence-electron chi connectivity index (χ3n) is 4.36. The molecule has 3 rings (SSSR count). The van der Waals surface area contributed by atoms with Gasteiger partial charge in [0.25, 0.3) is 11.5 Å². The third kappa shape index (κ3) is 3.72. The van der Waals surface area contributed by atoms with Gasteiger partial charge >= 0.3 is 0 Å². The van der Waals surface area contributed by atoms with Gasteiger partial charge in [0.05, 0.1) is 6.54 Å². The molecule has 0 radical (unpaired) electrons. The van der Waals surface area contributed by atoms with Crippen LogP contribution in [0.25, 0.3) is 0 Å². The minimum atomic E-state index is -0.461. The van der Waals surface area contributed by atoms with E-state index in [9.17, 15) is 14.0 Å². The molecular weight excluding hydrogens is 331 g/mol. The third-order valence-corrected chi connectivity index (χ3v) is 4.36. The van der Waals surface area contributed by atoms with Crippen molar-refractivity contribution in [1.29, 1.82) is 0 Å². The molecule has 0 aliphatic rings. The number of carbonyl (C=O) groups excluding carboxylic acids is 1. The monoisotopic (exact) mass is 350 g/mol. The number of hydrogen-bond donors (Lipinski definition) is 1. The summed E-state index contributed by atoms with van der Waals surface area (Å²) in [5, 5.41) is 2.80. The molecule has 0 unspecified atom stereocenters. The highest BCUT2D eigenvalue weighted by molar-refractivity contribution is 6.04. The molecule has 0 atom stereocenters. The van der Waals surface area contributed by atoms with Crippen LogP contribution in [0.2, 0.25) is 0 Å². The lowest BCUT2D eigenvalue weighted by Gasteiger charge is -2.11. The molecule has 2 aromatic carbocycles. The average molecular weight is 350 g/mol. The summed E-state index contributed by atoms with van der Waals surface area (Å²) in [6.45, 7) is 4.07.